The lowest BCUT2D eigenvalue weighted by molar-refractivity contribution is -0.123. The predicted molar refractivity (Wildman–Crippen MR) is 109 cm³/mol. The second-order valence-corrected chi connectivity index (χ2v) is 6.44. The average Bonchev–Trinajstić information content (AvgIpc) is 3.22. The number of halogens is 1. The molecule has 1 saturated heterocycles. The molecule has 5 nitrogen and oxygen atoms in total. The molecule has 0 aliphatic carbocycles. The van der Waals surface area contributed by atoms with Gasteiger partial charge in [-0.3, -0.25) is 9.69 Å². The fraction of sp³-hybridized carbons (Fsp3) is 0.381. The largest absolute Gasteiger partial charge is 0.497 e. The number of amides is 1. The zero-order chi connectivity index (χ0) is 18.2. The van der Waals surface area contributed by atoms with Gasteiger partial charge in [0, 0.05) is 6.54 Å². The van der Waals surface area contributed by atoms with Crippen molar-refractivity contribution in [3.8, 4) is 11.5 Å². The van der Waals surface area contributed by atoms with Gasteiger partial charge in [-0.1, -0.05) is 30.3 Å². The summed E-state index contributed by atoms with van der Waals surface area (Å²) in [5.74, 6) is 1.44. The van der Waals surface area contributed by atoms with Gasteiger partial charge >= 0.3 is 0 Å². The summed E-state index contributed by atoms with van der Waals surface area (Å²) in [7, 11) is 1.67. The van der Waals surface area contributed by atoms with Crippen molar-refractivity contribution in [1.82, 2.24) is 10.2 Å². The molecule has 2 aromatic carbocycles. The van der Waals surface area contributed by atoms with Crippen LogP contribution >= 0.6 is 12.4 Å². The van der Waals surface area contributed by atoms with Gasteiger partial charge in [-0.2, -0.15) is 0 Å². The van der Waals surface area contributed by atoms with Crippen LogP contribution < -0.4 is 14.8 Å². The number of carbonyl (C=O) groups excluding carboxylic acids is 1. The van der Waals surface area contributed by atoms with Crippen molar-refractivity contribution >= 4 is 18.3 Å². The second-order valence-electron chi connectivity index (χ2n) is 6.44. The summed E-state index contributed by atoms with van der Waals surface area (Å²) < 4.78 is 10.8. The first-order valence-electron chi connectivity index (χ1n) is 9.09. The van der Waals surface area contributed by atoms with Crippen molar-refractivity contribution in [3.63, 3.8) is 0 Å². The molecule has 0 saturated carbocycles. The average molecular weight is 391 g/mol. The van der Waals surface area contributed by atoms with Crippen molar-refractivity contribution in [3.05, 3.63) is 60.2 Å². The van der Waals surface area contributed by atoms with Gasteiger partial charge in [0.25, 0.3) is 5.91 Å². The van der Waals surface area contributed by atoms with Crippen molar-refractivity contribution in [2.24, 2.45) is 0 Å². The molecule has 1 amide bonds. The number of carbonyl (C=O) groups is 1. The number of ether oxygens (including phenoxy) is 2. The molecule has 27 heavy (non-hydrogen) atoms. The van der Waals surface area contributed by atoms with E-state index < -0.39 is 0 Å². The van der Waals surface area contributed by atoms with Gasteiger partial charge < -0.3 is 14.8 Å². The maximum absolute atomic E-state index is 12.2. The van der Waals surface area contributed by atoms with E-state index in [0.717, 1.165) is 18.8 Å². The normalized spacial score (nSPS) is 14.9. The van der Waals surface area contributed by atoms with Gasteiger partial charge in [-0.05, 0) is 55.8 Å². The first-order chi connectivity index (χ1) is 12.8. The third-order valence-electron chi connectivity index (χ3n) is 4.69. The molecule has 0 spiro atoms. The number of benzene rings is 2. The van der Waals surface area contributed by atoms with Crippen LogP contribution in [0.15, 0.2) is 54.6 Å². The Morgan fingerprint density at radius 3 is 2.33 bits per heavy atom. The maximum Gasteiger partial charge on any atom is 0.258 e. The molecular weight excluding hydrogens is 364 g/mol. The Morgan fingerprint density at radius 2 is 1.70 bits per heavy atom. The number of hydrogen-bond donors (Lipinski definition) is 1. The lowest BCUT2D eigenvalue weighted by atomic mass is 10.1. The van der Waals surface area contributed by atoms with E-state index in [2.05, 4.69) is 22.3 Å². The number of rotatable bonds is 8. The van der Waals surface area contributed by atoms with E-state index in [1.54, 1.807) is 7.11 Å². The van der Waals surface area contributed by atoms with Crippen LogP contribution in [0, 0.1) is 0 Å². The molecule has 1 fully saturated rings. The SMILES string of the molecule is COc1ccc(C(CNC(=O)COc2ccccc2)N2CCCC2)cc1.Cl. The van der Waals surface area contributed by atoms with Crippen LogP contribution in [0.5, 0.6) is 11.5 Å². The number of likely N-dealkylation sites (tertiary alicyclic amines) is 1. The highest BCUT2D eigenvalue weighted by molar-refractivity contribution is 5.85. The highest BCUT2D eigenvalue weighted by atomic mass is 35.5. The summed E-state index contributed by atoms with van der Waals surface area (Å²) >= 11 is 0. The molecule has 0 bridgehead atoms. The Hall–Kier alpha value is -2.24. The highest BCUT2D eigenvalue weighted by Gasteiger charge is 2.24. The van der Waals surface area contributed by atoms with Gasteiger partial charge in [0.05, 0.1) is 13.2 Å². The summed E-state index contributed by atoms with van der Waals surface area (Å²) in [4.78, 5) is 14.6. The number of methoxy groups -OCH3 is 1. The van der Waals surface area contributed by atoms with Crippen LogP contribution in [0.1, 0.15) is 24.4 Å². The smallest absolute Gasteiger partial charge is 0.258 e. The first kappa shape index (κ1) is 21.1. The highest BCUT2D eigenvalue weighted by Crippen LogP contribution is 2.26. The molecular formula is C21H27ClN2O3. The van der Waals surface area contributed by atoms with Gasteiger partial charge in [-0.15, -0.1) is 12.4 Å². The fourth-order valence-electron chi connectivity index (χ4n) is 3.26. The Bertz CT molecular complexity index is 688. The molecule has 1 aliphatic rings. The van der Waals surface area contributed by atoms with E-state index in [9.17, 15) is 4.79 Å². The summed E-state index contributed by atoms with van der Waals surface area (Å²) in [5, 5.41) is 3.02. The van der Waals surface area contributed by atoms with E-state index >= 15 is 0 Å². The molecule has 3 rings (SSSR count). The molecule has 1 unspecified atom stereocenters. The number of nitrogens with one attached hydrogen (secondary N) is 1. The molecule has 2 aromatic rings. The summed E-state index contributed by atoms with van der Waals surface area (Å²) in [6, 6.07) is 17.7. The molecule has 1 heterocycles. The summed E-state index contributed by atoms with van der Waals surface area (Å²) in [5.41, 5.74) is 1.19. The minimum Gasteiger partial charge on any atom is -0.497 e. The van der Waals surface area contributed by atoms with Crippen LogP contribution in [-0.2, 0) is 4.79 Å². The fourth-order valence-corrected chi connectivity index (χ4v) is 3.26. The Labute approximate surface area is 167 Å². The molecule has 6 heteroatoms. The lowest BCUT2D eigenvalue weighted by Gasteiger charge is -2.28. The zero-order valence-electron chi connectivity index (χ0n) is 15.6. The molecule has 146 valence electrons. The predicted octanol–water partition coefficient (Wildman–Crippen LogP) is 3.45. The van der Waals surface area contributed by atoms with E-state index in [-0.39, 0.29) is 31.0 Å². The molecule has 1 atom stereocenters. The van der Waals surface area contributed by atoms with Crippen LogP contribution in [-0.4, -0.2) is 44.2 Å². The quantitative estimate of drug-likeness (QED) is 0.750. The third kappa shape index (κ3) is 6.15. The third-order valence-corrected chi connectivity index (χ3v) is 4.69. The van der Waals surface area contributed by atoms with Crippen LogP contribution in [0.3, 0.4) is 0 Å². The van der Waals surface area contributed by atoms with E-state index in [1.807, 2.05) is 42.5 Å². The Kier molecular flexibility index (Phi) is 8.43. The number of para-hydroxylation sites is 1. The Morgan fingerprint density at radius 1 is 1.04 bits per heavy atom. The summed E-state index contributed by atoms with van der Waals surface area (Å²) in [6.45, 7) is 2.73. The first-order valence-corrected chi connectivity index (χ1v) is 9.09. The van der Waals surface area contributed by atoms with Gasteiger partial charge in [-0.25, -0.2) is 0 Å². The van der Waals surface area contributed by atoms with Crippen molar-refractivity contribution in [2.75, 3.05) is 33.4 Å². The van der Waals surface area contributed by atoms with Crippen LogP contribution in [0.4, 0.5) is 0 Å². The van der Waals surface area contributed by atoms with Gasteiger partial charge in [0.15, 0.2) is 6.61 Å². The molecule has 1 aliphatic heterocycles. The standard InChI is InChI=1S/C21H26N2O3.ClH/c1-25-18-11-9-17(10-12-18)20(23-13-5-6-14-23)15-22-21(24)16-26-19-7-3-2-4-8-19;/h2-4,7-12,20H,5-6,13-16H2,1H3,(H,22,24);1H. The maximum atomic E-state index is 12.2. The van der Waals surface area contributed by atoms with Crippen LogP contribution in [0.2, 0.25) is 0 Å². The molecule has 0 aromatic heterocycles. The van der Waals surface area contributed by atoms with Crippen molar-refractivity contribution in [1.29, 1.82) is 0 Å². The summed E-state index contributed by atoms with van der Waals surface area (Å²) in [6.07, 6.45) is 2.41. The zero-order valence-corrected chi connectivity index (χ0v) is 16.4. The van der Waals surface area contributed by atoms with Gasteiger partial charge in [0.2, 0.25) is 0 Å². The lowest BCUT2D eigenvalue weighted by Crippen LogP contribution is -2.38. The molecule has 1 N–H and O–H groups in total. The van der Waals surface area contributed by atoms with E-state index in [4.69, 9.17) is 9.47 Å². The van der Waals surface area contributed by atoms with Gasteiger partial charge in [0.1, 0.15) is 11.5 Å². The monoisotopic (exact) mass is 390 g/mol. The Balaban J connectivity index is 0.00000261. The van der Waals surface area contributed by atoms with Crippen molar-refractivity contribution < 1.29 is 14.3 Å². The minimum atomic E-state index is -0.105. The minimum absolute atomic E-state index is 0. The van der Waals surface area contributed by atoms with E-state index in [0.29, 0.717) is 12.3 Å². The number of hydrogen-bond acceptors (Lipinski definition) is 4. The molecule has 0 radical (unpaired) electrons. The second kappa shape index (κ2) is 10.8. The van der Waals surface area contributed by atoms with Crippen LogP contribution in [0.25, 0.3) is 0 Å². The number of nitrogens with zero attached hydrogens (tertiary/aromatic N) is 1. The van der Waals surface area contributed by atoms with E-state index in [1.165, 1.54) is 18.4 Å². The topological polar surface area (TPSA) is 50.8 Å². The van der Waals surface area contributed by atoms with Crippen molar-refractivity contribution in [2.45, 2.75) is 18.9 Å².